The number of carbonyl (C=O) groups is 2. The Morgan fingerprint density at radius 2 is 2.19 bits per heavy atom. The number of nitrogens with zero attached hydrogens (tertiary/aromatic N) is 1. The number of rotatable bonds is 5. The van der Waals surface area contributed by atoms with Gasteiger partial charge in [-0.1, -0.05) is 20.3 Å². The van der Waals surface area contributed by atoms with E-state index < -0.39 is 0 Å². The van der Waals surface area contributed by atoms with Crippen molar-refractivity contribution in [1.29, 1.82) is 0 Å². The van der Waals surface area contributed by atoms with E-state index in [9.17, 15) is 9.59 Å². The van der Waals surface area contributed by atoms with Gasteiger partial charge in [0, 0.05) is 19.0 Å². The molecule has 1 aliphatic heterocycles. The largest absolute Gasteiger partial charge is 0.344 e. The van der Waals surface area contributed by atoms with Gasteiger partial charge in [-0.2, -0.15) is 11.3 Å². The molecule has 0 spiro atoms. The number of hydrogen-bond donors (Lipinski definition) is 1. The van der Waals surface area contributed by atoms with Crippen molar-refractivity contribution in [2.24, 2.45) is 5.92 Å². The fraction of sp³-hybridized carbons (Fsp3) is 0.625. The summed E-state index contributed by atoms with van der Waals surface area (Å²) >= 11 is 1.67. The average molecular weight is 308 g/mol. The molecule has 0 saturated carbocycles. The van der Waals surface area contributed by atoms with Gasteiger partial charge in [-0.3, -0.25) is 9.59 Å². The van der Waals surface area contributed by atoms with Crippen LogP contribution in [0.5, 0.6) is 0 Å². The lowest BCUT2D eigenvalue weighted by Gasteiger charge is -2.31. The number of hydrogen-bond acceptors (Lipinski definition) is 3. The fourth-order valence-corrected chi connectivity index (χ4v) is 3.42. The van der Waals surface area contributed by atoms with Gasteiger partial charge < -0.3 is 10.2 Å². The van der Waals surface area contributed by atoms with Crippen LogP contribution in [0.15, 0.2) is 16.8 Å². The van der Waals surface area contributed by atoms with Gasteiger partial charge >= 0.3 is 0 Å². The summed E-state index contributed by atoms with van der Waals surface area (Å²) in [6, 6.07) is 1.83. The lowest BCUT2D eigenvalue weighted by molar-refractivity contribution is -0.136. The smallest absolute Gasteiger partial charge is 0.245 e. The SMILES string of the molecule is CCC(C)C1NC(=O)CCN(C(C)Cc2ccsc2)C1=O. The standard InChI is InChI=1S/C16H24N2O2S/c1-4-11(2)15-16(20)18(7-5-14(19)17-15)12(3)9-13-6-8-21-10-13/h6,8,10-12,15H,4-5,7,9H2,1-3H3,(H,17,19). The Bertz CT molecular complexity index is 486. The van der Waals surface area contributed by atoms with Crippen LogP contribution in [-0.2, 0) is 16.0 Å². The molecule has 1 saturated heterocycles. The zero-order chi connectivity index (χ0) is 15.4. The second kappa shape index (κ2) is 7.07. The monoisotopic (exact) mass is 308 g/mol. The Kier molecular flexibility index (Phi) is 5.39. The first-order valence-electron chi connectivity index (χ1n) is 7.63. The molecule has 116 valence electrons. The molecule has 0 aromatic carbocycles. The van der Waals surface area contributed by atoms with Crippen LogP contribution >= 0.6 is 11.3 Å². The summed E-state index contributed by atoms with van der Waals surface area (Å²) in [5.41, 5.74) is 1.25. The zero-order valence-corrected chi connectivity index (χ0v) is 13.8. The summed E-state index contributed by atoms with van der Waals surface area (Å²) in [7, 11) is 0. The van der Waals surface area contributed by atoms with Crippen LogP contribution < -0.4 is 5.32 Å². The molecule has 2 amide bonds. The van der Waals surface area contributed by atoms with Crippen LogP contribution in [-0.4, -0.2) is 35.3 Å². The molecule has 0 aliphatic carbocycles. The maximum Gasteiger partial charge on any atom is 0.245 e. The Hall–Kier alpha value is -1.36. The second-order valence-corrected chi connectivity index (χ2v) is 6.68. The number of amides is 2. The van der Waals surface area contributed by atoms with Gasteiger partial charge in [0.05, 0.1) is 0 Å². The van der Waals surface area contributed by atoms with Gasteiger partial charge in [-0.25, -0.2) is 0 Å². The molecule has 2 rings (SSSR count). The summed E-state index contributed by atoms with van der Waals surface area (Å²) in [6.07, 6.45) is 2.12. The Labute approximate surface area is 130 Å². The molecular weight excluding hydrogens is 284 g/mol. The predicted molar refractivity (Wildman–Crippen MR) is 85.2 cm³/mol. The zero-order valence-electron chi connectivity index (χ0n) is 13.0. The first-order valence-corrected chi connectivity index (χ1v) is 8.58. The third-order valence-corrected chi connectivity index (χ3v) is 5.03. The molecule has 1 aromatic rings. The van der Waals surface area contributed by atoms with Crippen molar-refractivity contribution in [1.82, 2.24) is 10.2 Å². The predicted octanol–water partition coefficient (Wildman–Crippen LogP) is 2.44. The van der Waals surface area contributed by atoms with E-state index in [0.29, 0.717) is 13.0 Å². The minimum absolute atomic E-state index is 0.0149. The van der Waals surface area contributed by atoms with Gasteiger partial charge in [-0.05, 0) is 41.7 Å². The molecule has 5 heteroatoms. The molecule has 0 bridgehead atoms. The summed E-state index contributed by atoms with van der Waals surface area (Å²) < 4.78 is 0. The van der Waals surface area contributed by atoms with E-state index in [1.807, 2.05) is 18.7 Å². The van der Waals surface area contributed by atoms with Gasteiger partial charge in [0.2, 0.25) is 11.8 Å². The normalized spacial score (nSPS) is 22.6. The molecule has 4 nitrogen and oxygen atoms in total. The molecule has 1 N–H and O–H groups in total. The van der Waals surface area contributed by atoms with Crippen LogP contribution in [0.3, 0.4) is 0 Å². The van der Waals surface area contributed by atoms with E-state index in [-0.39, 0.29) is 29.8 Å². The molecule has 0 radical (unpaired) electrons. The maximum atomic E-state index is 12.8. The quantitative estimate of drug-likeness (QED) is 0.908. The van der Waals surface area contributed by atoms with Crippen LogP contribution in [0.2, 0.25) is 0 Å². The Morgan fingerprint density at radius 3 is 2.81 bits per heavy atom. The van der Waals surface area contributed by atoms with Crippen molar-refractivity contribution < 1.29 is 9.59 Å². The third kappa shape index (κ3) is 3.84. The van der Waals surface area contributed by atoms with Crippen molar-refractivity contribution in [3.8, 4) is 0 Å². The highest BCUT2D eigenvalue weighted by Crippen LogP contribution is 2.19. The highest BCUT2D eigenvalue weighted by molar-refractivity contribution is 7.07. The van der Waals surface area contributed by atoms with E-state index in [1.165, 1.54) is 5.56 Å². The van der Waals surface area contributed by atoms with Gasteiger partial charge in [0.25, 0.3) is 0 Å². The Balaban J connectivity index is 2.12. The minimum Gasteiger partial charge on any atom is -0.344 e. The number of carbonyl (C=O) groups excluding carboxylic acids is 2. The van der Waals surface area contributed by atoms with Gasteiger partial charge in [0.1, 0.15) is 6.04 Å². The lowest BCUT2D eigenvalue weighted by atomic mass is 9.97. The first kappa shape index (κ1) is 16.0. The fourth-order valence-electron chi connectivity index (χ4n) is 2.74. The molecule has 1 aromatic heterocycles. The van der Waals surface area contributed by atoms with E-state index in [4.69, 9.17) is 0 Å². The summed E-state index contributed by atoms with van der Waals surface area (Å²) in [5, 5.41) is 7.07. The van der Waals surface area contributed by atoms with Crippen molar-refractivity contribution in [3.05, 3.63) is 22.4 Å². The summed E-state index contributed by atoms with van der Waals surface area (Å²) in [6.45, 7) is 6.66. The van der Waals surface area contributed by atoms with Crippen LogP contribution in [0.25, 0.3) is 0 Å². The molecule has 1 fully saturated rings. The average Bonchev–Trinajstić information content (AvgIpc) is 2.91. The second-order valence-electron chi connectivity index (χ2n) is 5.90. The van der Waals surface area contributed by atoms with Crippen LogP contribution in [0.4, 0.5) is 0 Å². The molecule has 2 heterocycles. The summed E-state index contributed by atoms with van der Waals surface area (Å²) in [4.78, 5) is 26.5. The van der Waals surface area contributed by atoms with E-state index in [2.05, 4.69) is 29.1 Å². The highest BCUT2D eigenvalue weighted by Gasteiger charge is 2.34. The molecular formula is C16H24N2O2S. The molecule has 3 unspecified atom stereocenters. The number of nitrogens with one attached hydrogen (secondary N) is 1. The van der Waals surface area contributed by atoms with Crippen molar-refractivity contribution in [2.75, 3.05) is 6.54 Å². The molecule has 3 atom stereocenters. The maximum absolute atomic E-state index is 12.8. The topological polar surface area (TPSA) is 49.4 Å². The molecule has 21 heavy (non-hydrogen) atoms. The van der Waals surface area contributed by atoms with Crippen molar-refractivity contribution in [3.63, 3.8) is 0 Å². The first-order chi connectivity index (χ1) is 10.0. The Morgan fingerprint density at radius 1 is 1.43 bits per heavy atom. The van der Waals surface area contributed by atoms with Gasteiger partial charge in [0.15, 0.2) is 0 Å². The lowest BCUT2D eigenvalue weighted by Crippen LogP contribution is -2.51. The third-order valence-electron chi connectivity index (χ3n) is 4.30. The molecule has 1 aliphatic rings. The van der Waals surface area contributed by atoms with E-state index >= 15 is 0 Å². The van der Waals surface area contributed by atoms with Crippen LogP contribution in [0, 0.1) is 5.92 Å². The summed E-state index contributed by atoms with van der Waals surface area (Å²) in [5.74, 6) is 0.215. The highest BCUT2D eigenvalue weighted by atomic mass is 32.1. The van der Waals surface area contributed by atoms with Crippen molar-refractivity contribution >= 4 is 23.2 Å². The number of thiophene rings is 1. The van der Waals surface area contributed by atoms with Gasteiger partial charge in [-0.15, -0.1) is 0 Å². The van der Waals surface area contributed by atoms with Crippen molar-refractivity contribution in [2.45, 2.75) is 52.1 Å². The van der Waals surface area contributed by atoms with Crippen LogP contribution in [0.1, 0.15) is 39.2 Å². The minimum atomic E-state index is -0.380. The van der Waals surface area contributed by atoms with E-state index in [1.54, 1.807) is 11.3 Å². The van der Waals surface area contributed by atoms with E-state index in [0.717, 1.165) is 12.8 Å².